The van der Waals surface area contributed by atoms with Crippen molar-refractivity contribution in [3.63, 3.8) is 0 Å². The van der Waals surface area contributed by atoms with Crippen LogP contribution in [0.1, 0.15) is 0 Å². The summed E-state index contributed by atoms with van der Waals surface area (Å²) in [6.07, 6.45) is 0. The number of hydrogen-bond acceptors (Lipinski definition) is 2. The van der Waals surface area contributed by atoms with Gasteiger partial charge in [-0.3, -0.25) is 0 Å². The van der Waals surface area contributed by atoms with Crippen LogP contribution in [0.25, 0.3) is 0 Å². The third-order valence-corrected chi connectivity index (χ3v) is 0.158. The summed E-state index contributed by atoms with van der Waals surface area (Å²) in [5.41, 5.74) is 0. The molecule has 6 heavy (non-hydrogen) atoms. The molecule has 0 heterocycles. The smallest absolute Gasteiger partial charge is 0.211 e. The van der Waals surface area contributed by atoms with E-state index in [-0.39, 0.29) is 26.8 Å². The third-order valence-electron chi connectivity index (χ3n) is 0.158. The molecule has 0 bridgehead atoms. The minimum absolute atomic E-state index is 0. The molecule has 0 radical (unpaired) electrons. The minimum Gasteiger partial charge on any atom is -0.211 e. The fourth-order valence-corrected chi connectivity index (χ4v) is 0.0354. The molecule has 4 heteroatoms. The Balaban J connectivity index is 0. The summed E-state index contributed by atoms with van der Waals surface area (Å²) in [6, 6.07) is 0. The molecule has 0 aromatic carbocycles. The van der Waals surface area contributed by atoms with E-state index in [2.05, 4.69) is 0 Å². The Hall–Kier alpha value is -0.332. The summed E-state index contributed by atoms with van der Waals surface area (Å²) in [7, 11) is 0. The van der Waals surface area contributed by atoms with Crippen molar-refractivity contribution in [1.82, 2.24) is 0 Å². The molecular weight excluding hydrogens is 128 g/mol. The van der Waals surface area contributed by atoms with E-state index in [9.17, 15) is 0 Å². The summed E-state index contributed by atoms with van der Waals surface area (Å²) < 4.78 is 0. The topological polar surface area (TPSA) is 47.6 Å². The van der Waals surface area contributed by atoms with Gasteiger partial charge < -0.3 is 0 Å². The van der Waals surface area contributed by atoms with Crippen LogP contribution < -0.4 is 0 Å². The molecule has 0 aliphatic rings. The average molecular weight is 129 g/mol. The van der Waals surface area contributed by atoms with Gasteiger partial charge in [-0.15, -0.1) is 0 Å². The first-order valence-electron chi connectivity index (χ1n) is 1.15. The molecule has 0 rings (SSSR count). The second kappa shape index (κ2) is 8.82. The van der Waals surface area contributed by atoms with Crippen molar-refractivity contribution in [2.75, 3.05) is 0 Å². The van der Waals surface area contributed by atoms with E-state index in [1.54, 1.807) is 11.9 Å². The van der Waals surface area contributed by atoms with Gasteiger partial charge >= 0.3 is 7.28 Å². The molecule has 0 saturated heterocycles. The molecule has 0 amide bonds. The van der Waals surface area contributed by atoms with Gasteiger partial charge in [0, 0.05) is 31.4 Å². The third kappa shape index (κ3) is 9.38. The summed E-state index contributed by atoms with van der Waals surface area (Å²) in [4.78, 5) is 0. The van der Waals surface area contributed by atoms with Gasteiger partial charge in [0.15, 0.2) is 0 Å². The zero-order chi connectivity index (χ0) is 4.12. The first kappa shape index (κ1) is 9.18. The normalized spacial score (nSPS) is 3.00. The predicted molar refractivity (Wildman–Crippen MR) is 18.4 cm³/mol. The molecule has 0 N–H and O–H groups in total. The van der Waals surface area contributed by atoms with Crippen molar-refractivity contribution in [2.45, 2.75) is 0 Å². The quantitative estimate of drug-likeness (QED) is 0.409. The van der Waals surface area contributed by atoms with Crippen LogP contribution in [0.5, 0.6) is 0 Å². The van der Waals surface area contributed by atoms with Gasteiger partial charge in [-0.25, -0.2) is 10.5 Å². The Morgan fingerprint density at radius 2 is 1.50 bits per heavy atom. The van der Waals surface area contributed by atoms with Gasteiger partial charge in [-0.2, -0.15) is 0 Å². The molecule has 0 aromatic rings. The van der Waals surface area contributed by atoms with Crippen molar-refractivity contribution in [2.24, 2.45) is 0 Å². The first-order chi connectivity index (χ1) is 2.41. The molecule has 0 saturated carbocycles. The van der Waals surface area contributed by atoms with Crippen LogP contribution in [0.4, 0.5) is 0 Å². The van der Waals surface area contributed by atoms with E-state index >= 15 is 0 Å². The standard InChI is InChI=1S/C2HBN2.Zn/c4-1-3-2-5;/h3H;. The average Bonchev–Trinajstić information content (AvgIpc) is 1.41. The Kier molecular flexibility index (Phi) is 13.5. The van der Waals surface area contributed by atoms with E-state index in [1.807, 2.05) is 0 Å². The molecular formula is C2HBN2Zn. The van der Waals surface area contributed by atoms with Crippen molar-refractivity contribution in [1.29, 1.82) is 10.5 Å². The van der Waals surface area contributed by atoms with Crippen LogP contribution in [-0.4, -0.2) is 7.28 Å². The minimum atomic E-state index is 0. The maximum atomic E-state index is 7.59. The summed E-state index contributed by atoms with van der Waals surface area (Å²) in [6.45, 7) is 0. The van der Waals surface area contributed by atoms with Crippen LogP contribution >= 0.6 is 0 Å². The van der Waals surface area contributed by atoms with E-state index < -0.39 is 0 Å². The Morgan fingerprint density at radius 1 is 1.17 bits per heavy atom. The second-order valence-corrected chi connectivity index (χ2v) is 0.493. The van der Waals surface area contributed by atoms with Gasteiger partial charge in [0.1, 0.15) is 0 Å². The summed E-state index contributed by atoms with van der Waals surface area (Å²) >= 11 is 0. The van der Waals surface area contributed by atoms with E-state index in [0.717, 1.165) is 0 Å². The number of nitrogens with zero attached hydrogens (tertiary/aromatic N) is 2. The van der Waals surface area contributed by atoms with Gasteiger partial charge in [-0.1, -0.05) is 0 Å². The second-order valence-electron chi connectivity index (χ2n) is 0.493. The first-order valence-corrected chi connectivity index (χ1v) is 1.15. The van der Waals surface area contributed by atoms with E-state index in [0.29, 0.717) is 0 Å². The zero-order valence-corrected chi connectivity index (χ0v) is 6.28. The van der Waals surface area contributed by atoms with Crippen molar-refractivity contribution in [3.05, 3.63) is 0 Å². The van der Waals surface area contributed by atoms with Crippen molar-refractivity contribution >= 4 is 7.28 Å². The maximum absolute atomic E-state index is 7.59. The molecule has 24 valence electrons. The molecule has 0 unspecified atom stereocenters. The Morgan fingerprint density at radius 3 is 1.50 bits per heavy atom. The monoisotopic (exact) mass is 128 g/mol. The zero-order valence-electron chi connectivity index (χ0n) is 3.31. The van der Waals surface area contributed by atoms with Gasteiger partial charge in [0.05, 0.1) is 0 Å². The number of rotatable bonds is 0. The molecule has 0 atom stereocenters. The van der Waals surface area contributed by atoms with Crippen LogP contribution in [-0.2, 0) is 19.5 Å². The number of nitriles is 2. The largest absolute Gasteiger partial charge is 0.370 e. The molecule has 0 aromatic heterocycles. The molecule has 0 aliphatic heterocycles. The van der Waals surface area contributed by atoms with Crippen LogP contribution in [0, 0.1) is 22.5 Å². The van der Waals surface area contributed by atoms with Crippen molar-refractivity contribution < 1.29 is 19.5 Å². The molecule has 0 fully saturated rings. The maximum Gasteiger partial charge on any atom is 0.370 e. The fraction of sp³-hybridized carbons (Fsp3) is 0. The van der Waals surface area contributed by atoms with Crippen molar-refractivity contribution in [3.8, 4) is 11.9 Å². The SMILES string of the molecule is N#CBC#N.[Zn]. The Bertz CT molecular complexity index is 76.7. The van der Waals surface area contributed by atoms with Gasteiger partial charge in [0.2, 0.25) is 0 Å². The van der Waals surface area contributed by atoms with E-state index in [4.69, 9.17) is 10.5 Å². The predicted octanol–water partition coefficient (Wildman–Crippen LogP) is -0.617. The summed E-state index contributed by atoms with van der Waals surface area (Å²) in [5.74, 6) is 3.31. The van der Waals surface area contributed by atoms with Crippen LogP contribution in [0.3, 0.4) is 0 Å². The van der Waals surface area contributed by atoms with E-state index in [1.165, 1.54) is 0 Å². The van der Waals surface area contributed by atoms with Crippen LogP contribution in [0.2, 0.25) is 0 Å². The molecule has 2 nitrogen and oxygen atoms in total. The van der Waals surface area contributed by atoms with Crippen LogP contribution in [0.15, 0.2) is 0 Å². The molecule has 0 spiro atoms. The Labute approximate surface area is 49.8 Å². The molecule has 0 aliphatic carbocycles. The summed E-state index contributed by atoms with van der Waals surface area (Å²) in [5, 5.41) is 15.2. The van der Waals surface area contributed by atoms with Gasteiger partial charge in [-0.05, 0) is 0 Å². The van der Waals surface area contributed by atoms with Gasteiger partial charge in [0.25, 0.3) is 0 Å². The number of hydrogen-bond donors (Lipinski definition) is 0. The fourth-order valence-electron chi connectivity index (χ4n) is 0.0354.